The Kier molecular flexibility index (Phi) is 5.49. The zero-order valence-corrected chi connectivity index (χ0v) is 9.05. The number of aliphatic hydroxyl groups excluding tert-OH is 1. The lowest BCUT2D eigenvalue weighted by Crippen LogP contribution is -2.30. The number of aliphatic hydroxyl groups is 1. The SMILES string of the molecule is COCC(O)CONC(=O)c1ccccc1. The molecule has 0 saturated heterocycles. The van der Waals surface area contributed by atoms with Gasteiger partial charge in [-0.1, -0.05) is 18.2 Å². The number of carbonyl (C=O) groups is 1. The lowest BCUT2D eigenvalue weighted by atomic mass is 10.2. The van der Waals surface area contributed by atoms with Crippen LogP contribution in [0.15, 0.2) is 30.3 Å². The summed E-state index contributed by atoms with van der Waals surface area (Å²) in [6.07, 6.45) is -0.749. The molecule has 1 aromatic carbocycles. The summed E-state index contributed by atoms with van der Waals surface area (Å²) in [6, 6.07) is 8.68. The first-order valence-corrected chi connectivity index (χ1v) is 4.88. The summed E-state index contributed by atoms with van der Waals surface area (Å²) < 4.78 is 4.70. The molecule has 0 bridgehead atoms. The van der Waals surface area contributed by atoms with E-state index in [4.69, 9.17) is 9.57 Å². The molecule has 2 N–H and O–H groups in total. The van der Waals surface area contributed by atoms with Gasteiger partial charge < -0.3 is 9.84 Å². The minimum absolute atomic E-state index is 0.00753. The molecule has 0 aliphatic carbocycles. The summed E-state index contributed by atoms with van der Waals surface area (Å²) in [4.78, 5) is 16.3. The number of benzene rings is 1. The van der Waals surface area contributed by atoms with Crippen molar-refractivity contribution in [1.29, 1.82) is 0 Å². The minimum atomic E-state index is -0.749. The van der Waals surface area contributed by atoms with Crippen LogP contribution in [0.3, 0.4) is 0 Å². The van der Waals surface area contributed by atoms with Gasteiger partial charge in [-0.2, -0.15) is 0 Å². The number of methoxy groups -OCH3 is 1. The predicted octanol–water partition coefficient (Wildman–Crippen LogP) is 0.355. The van der Waals surface area contributed by atoms with Crippen molar-refractivity contribution in [3.05, 3.63) is 35.9 Å². The van der Waals surface area contributed by atoms with Gasteiger partial charge in [0.1, 0.15) is 12.7 Å². The highest BCUT2D eigenvalue weighted by molar-refractivity contribution is 5.93. The van der Waals surface area contributed by atoms with Crippen LogP contribution in [-0.4, -0.2) is 37.4 Å². The van der Waals surface area contributed by atoms with Gasteiger partial charge in [-0.3, -0.25) is 9.63 Å². The van der Waals surface area contributed by atoms with Crippen LogP contribution in [0.2, 0.25) is 0 Å². The molecule has 1 atom stereocenters. The van der Waals surface area contributed by atoms with Gasteiger partial charge in [-0.15, -0.1) is 0 Å². The predicted molar refractivity (Wildman–Crippen MR) is 57.7 cm³/mol. The first-order valence-electron chi connectivity index (χ1n) is 4.88. The minimum Gasteiger partial charge on any atom is -0.388 e. The van der Waals surface area contributed by atoms with Gasteiger partial charge in [0, 0.05) is 12.7 Å². The first kappa shape index (κ1) is 12.6. The molecule has 0 heterocycles. The third-order valence-corrected chi connectivity index (χ3v) is 1.84. The fraction of sp³-hybridized carbons (Fsp3) is 0.364. The van der Waals surface area contributed by atoms with Crippen LogP contribution in [0.1, 0.15) is 10.4 Å². The van der Waals surface area contributed by atoms with Crippen molar-refractivity contribution in [2.24, 2.45) is 0 Å². The van der Waals surface area contributed by atoms with Crippen LogP contribution in [-0.2, 0) is 9.57 Å². The standard InChI is InChI=1S/C11H15NO4/c1-15-7-10(13)8-16-12-11(14)9-5-3-2-4-6-9/h2-6,10,13H,7-8H2,1H3,(H,12,14). The van der Waals surface area contributed by atoms with Gasteiger partial charge >= 0.3 is 0 Å². The molecule has 0 spiro atoms. The average Bonchev–Trinajstić information content (AvgIpc) is 2.30. The van der Waals surface area contributed by atoms with Gasteiger partial charge in [-0.05, 0) is 12.1 Å². The van der Waals surface area contributed by atoms with E-state index in [1.54, 1.807) is 24.3 Å². The molecule has 88 valence electrons. The molecule has 1 amide bonds. The molecule has 0 fully saturated rings. The Labute approximate surface area is 93.9 Å². The summed E-state index contributed by atoms with van der Waals surface area (Å²) in [5, 5.41) is 9.23. The molecular formula is C11H15NO4. The van der Waals surface area contributed by atoms with Crippen LogP contribution in [0.25, 0.3) is 0 Å². The molecule has 0 aromatic heterocycles. The summed E-state index contributed by atoms with van der Waals surface area (Å²) in [5.74, 6) is -0.342. The molecule has 1 rings (SSSR count). The average molecular weight is 225 g/mol. The van der Waals surface area contributed by atoms with Crippen LogP contribution in [0.4, 0.5) is 0 Å². The van der Waals surface area contributed by atoms with Crippen LogP contribution in [0, 0.1) is 0 Å². The van der Waals surface area contributed by atoms with Crippen LogP contribution >= 0.6 is 0 Å². The molecule has 0 aliphatic heterocycles. The summed E-state index contributed by atoms with van der Waals surface area (Å²) >= 11 is 0. The number of amides is 1. The second kappa shape index (κ2) is 6.95. The van der Waals surface area contributed by atoms with E-state index in [9.17, 15) is 9.90 Å². The molecule has 1 unspecified atom stereocenters. The van der Waals surface area contributed by atoms with Gasteiger partial charge in [0.25, 0.3) is 5.91 Å². The number of carbonyl (C=O) groups excluding carboxylic acids is 1. The van der Waals surface area contributed by atoms with E-state index in [-0.39, 0.29) is 19.1 Å². The molecule has 0 saturated carbocycles. The van der Waals surface area contributed by atoms with E-state index in [0.717, 1.165) is 0 Å². The van der Waals surface area contributed by atoms with Gasteiger partial charge in [0.2, 0.25) is 0 Å². The number of nitrogens with one attached hydrogen (secondary N) is 1. The van der Waals surface area contributed by atoms with Crippen molar-refractivity contribution in [2.75, 3.05) is 20.3 Å². The lowest BCUT2D eigenvalue weighted by molar-refractivity contribution is -0.0365. The van der Waals surface area contributed by atoms with E-state index < -0.39 is 6.10 Å². The quantitative estimate of drug-likeness (QED) is 0.686. The van der Waals surface area contributed by atoms with Crippen molar-refractivity contribution in [3.8, 4) is 0 Å². The maximum absolute atomic E-state index is 11.4. The maximum atomic E-state index is 11.4. The number of hydrogen-bond donors (Lipinski definition) is 2. The Balaban J connectivity index is 2.26. The molecule has 1 aromatic rings. The van der Waals surface area contributed by atoms with E-state index >= 15 is 0 Å². The molecule has 5 nitrogen and oxygen atoms in total. The summed E-state index contributed by atoms with van der Waals surface area (Å²) in [7, 11) is 1.48. The van der Waals surface area contributed by atoms with Gasteiger partial charge in [0.05, 0.1) is 6.61 Å². The van der Waals surface area contributed by atoms with Gasteiger partial charge in [-0.25, -0.2) is 5.48 Å². The Morgan fingerprint density at radius 2 is 2.06 bits per heavy atom. The van der Waals surface area contributed by atoms with Crippen LogP contribution in [0.5, 0.6) is 0 Å². The normalized spacial score (nSPS) is 12.1. The first-order chi connectivity index (χ1) is 7.74. The van der Waals surface area contributed by atoms with Gasteiger partial charge in [0.15, 0.2) is 0 Å². The zero-order valence-electron chi connectivity index (χ0n) is 9.05. The van der Waals surface area contributed by atoms with Crippen molar-refractivity contribution in [1.82, 2.24) is 5.48 Å². The monoisotopic (exact) mass is 225 g/mol. The smallest absolute Gasteiger partial charge is 0.274 e. The molecule has 0 radical (unpaired) electrons. The Bertz CT molecular complexity index is 315. The van der Waals surface area contributed by atoms with Crippen LogP contribution < -0.4 is 5.48 Å². The molecule has 5 heteroatoms. The van der Waals surface area contributed by atoms with E-state index in [0.29, 0.717) is 5.56 Å². The largest absolute Gasteiger partial charge is 0.388 e. The van der Waals surface area contributed by atoms with E-state index in [1.165, 1.54) is 7.11 Å². The fourth-order valence-corrected chi connectivity index (χ4v) is 1.09. The highest BCUT2D eigenvalue weighted by Crippen LogP contribution is 1.97. The highest BCUT2D eigenvalue weighted by atomic mass is 16.7. The summed E-state index contributed by atoms with van der Waals surface area (Å²) in [5.41, 5.74) is 2.74. The topological polar surface area (TPSA) is 67.8 Å². The Hall–Kier alpha value is -1.43. The Morgan fingerprint density at radius 1 is 1.38 bits per heavy atom. The number of rotatable bonds is 6. The van der Waals surface area contributed by atoms with E-state index in [2.05, 4.69) is 5.48 Å². The van der Waals surface area contributed by atoms with Crippen molar-refractivity contribution in [3.63, 3.8) is 0 Å². The van der Waals surface area contributed by atoms with Crippen molar-refractivity contribution in [2.45, 2.75) is 6.10 Å². The number of ether oxygens (including phenoxy) is 1. The summed E-state index contributed by atoms with van der Waals surface area (Å²) in [6.45, 7) is 0.160. The zero-order chi connectivity index (χ0) is 11.8. The van der Waals surface area contributed by atoms with E-state index in [1.807, 2.05) is 6.07 Å². The molecule has 16 heavy (non-hydrogen) atoms. The number of hydrogen-bond acceptors (Lipinski definition) is 4. The third-order valence-electron chi connectivity index (χ3n) is 1.84. The van der Waals surface area contributed by atoms with Crippen molar-refractivity contribution < 1.29 is 19.5 Å². The second-order valence-electron chi connectivity index (χ2n) is 3.22. The fourth-order valence-electron chi connectivity index (χ4n) is 1.09. The Morgan fingerprint density at radius 3 is 2.69 bits per heavy atom. The second-order valence-corrected chi connectivity index (χ2v) is 3.22. The third kappa shape index (κ3) is 4.39. The number of hydroxylamine groups is 1. The molecule has 0 aliphatic rings. The highest BCUT2D eigenvalue weighted by Gasteiger charge is 2.07. The maximum Gasteiger partial charge on any atom is 0.274 e. The lowest BCUT2D eigenvalue weighted by Gasteiger charge is -2.10. The van der Waals surface area contributed by atoms with Crippen molar-refractivity contribution >= 4 is 5.91 Å². The molecular weight excluding hydrogens is 210 g/mol.